The molecule has 1 heterocycles. The molecule has 3 nitrogen and oxygen atoms in total. The Morgan fingerprint density at radius 2 is 2.00 bits per heavy atom. The second-order valence-electron chi connectivity index (χ2n) is 6.57. The molecule has 1 aliphatic rings. The molecule has 1 N–H and O–H groups in total. The number of likely N-dealkylation sites (N-methyl/N-ethyl adjacent to an activating group) is 2. The molecule has 0 bridgehead atoms. The van der Waals surface area contributed by atoms with Crippen LogP contribution in [-0.2, 0) is 0 Å². The number of nitrogens with zero attached hydrogens (tertiary/aromatic N) is 2. The Kier molecular flexibility index (Phi) is 6.22. The SMILES string of the molecule is CCNC(CN1CCCC1CN(C)C)c1ccc(C)cc1. The third-order valence-electron chi connectivity index (χ3n) is 4.42. The van der Waals surface area contributed by atoms with Crippen LogP contribution in [0, 0.1) is 6.92 Å². The maximum atomic E-state index is 3.66. The average molecular weight is 289 g/mol. The topological polar surface area (TPSA) is 18.5 Å². The van der Waals surface area contributed by atoms with Gasteiger partial charge in [0.1, 0.15) is 0 Å². The van der Waals surface area contributed by atoms with Gasteiger partial charge in [0.15, 0.2) is 0 Å². The molecule has 0 aliphatic carbocycles. The zero-order valence-corrected chi connectivity index (χ0v) is 14.1. The van der Waals surface area contributed by atoms with Gasteiger partial charge in [-0.1, -0.05) is 36.8 Å². The Hall–Kier alpha value is -0.900. The third kappa shape index (κ3) is 4.80. The van der Waals surface area contributed by atoms with E-state index in [9.17, 15) is 0 Å². The summed E-state index contributed by atoms with van der Waals surface area (Å²) < 4.78 is 0. The van der Waals surface area contributed by atoms with Gasteiger partial charge in [0.25, 0.3) is 0 Å². The van der Waals surface area contributed by atoms with Crippen molar-refractivity contribution in [3.63, 3.8) is 0 Å². The zero-order chi connectivity index (χ0) is 15.2. The van der Waals surface area contributed by atoms with Crippen LogP contribution in [0.3, 0.4) is 0 Å². The lowest BCUT2D eigenvalue weighted by Crippen LogP contribution is -2.42. The van der Waals surface area contributed by atoms with Gasteiger partial charge >= 0.3 is 0 Å². The summed E-state index contributed by atoms with van der Waals surface area (Å²) in [6.07, 6.45) is 2.68. The summed E-state index contributed by atoms with van der Waals surface area (Å²) in [5, 5.41) is 3.66. The molecular formula is C18H31N3. The summed E-state index contributed by atoms with van der Waals surface area (Å²) in [4.78, 5) is 4.99. The lowest BCUT2D eigenvalue weighted by Gasteiger charge is -2.31. The molecule has 21 heavy (non-hydrogen) atoms. The molecule has 1 aromatic carbocycles. The molecule has 0 amide bonds. The highest BCUT2D eigenvalue weighted by Crippen LogP contribution is 2.22. The van der Waals surface area contributed by atoms with Crippen molar-refractivity contribution >= 4 is 0 Å². The van der Waals surface area contributed by atoms with Crippen LogP contribution in [0.25, 0.3) is 0 Å². The van der Waals surface area contributed by atoms with E-state index in [0.29, 0.717) is 12.1 Å². The van der Waals surface area contributed by atoms with E-state index in [1.807, 2.05) is 0 Å². The Balaban J connectivity index is 2.03. The first kappa shape index (κ1) is 16.5. The largest absolute Gasteiger partial charge is 0.309 e. The van der Waals surface area contributed by atoms with Crippen molar-refractivity contribution in [2.75, 3.05) is 40.3 Å². The van der Waals surface area contributed by atoms with E-state index in [0.717, 1.165) is 13.1 Å². The Bertz CT molecular complexity index is 413. The molecule has 1 aliphatic heterocycles. The number of nitrogens with one attached hydrogen (secondary N) is 1. The monoisotopic (exact) mass is 289 g/mol. The van der Waals surface area contributed by atoms with E-state index in [-0.39, 0.29) is 0 Å². The van der Waals surface area contributed by atoms with E-state index in [2.05, 4.69) is 67.3 Å². The van der Waals surface area contributed by atoms with Crippen LogP contribution in [0.15, 0.2) is 24.3 Å². The van der Waals surface area contributed by atoms with Gasteiger partial charge in [-0.3, -0.25) is 4.90 Å². The second-order valence-corrected chi connectivity index (χ2v) is 6.57. The van der Waals surface area contributed by atoms with Gasteiger partial charge in [-0.05, 0) is 52.5 Å². The number of benzene rings is 1. The molecule has 1 fully saturated rings. The molecule has 2 unspecified atom stereocenters. The van der Waals surface area contributed by atoms with E-state index in [4.69, 9.17) is 0 Å². The van der Waals surface area contributed by atoms with Crippen molar-refractivity contribution in [3.05, 3.63) is 35.4 Å². The number of hydrogen-bond donors (Lipinski definition) is 1. The summed E-state index contributed by atoms with van der Waals surface area (Å²) in [5.41, 5.74) is 2.75. The number of rotatable bonds is 7. The normalized spacial score (nSPS) is 21.1. The fourth-order valence-corrected chi connectivity index (χ4v) is 3.33. The van der Waals surface area contributed by atoms with Gasteiger partial charge in [0.2, 0.25) is 0 Å². The van der Waals surface area contributed by atoms with Crippen LogP contribution in [0.1, 0.15) is 36.9 Å². The Morgan fingerprint density at radius 3 is 2.62 bits per heavy atom. The molecular weight excluding hydrogens is 258 g/mol. The first-order valence-corrected chi connectivity index (χ1v) is 8.29. The van der Waals surface area contributed by atoms with Crippen LogP contribution in [0.2, 0.25) is 0 Å². The zero-order valence-electron chi connectivity index (χ0n) is 14.1. The molecule has 3 heteroatoms. The highest BCUT2D eigenvalue weighted by molar-refractivity contribution is 5.24. The molecule has 0 radical (unpaired) electrons. The molecule has 1 saturated heterocycles. The molecule has 0 saturated carbocycles. The predicted octanol–water partition coefficient (Wildman–Crippen LogP) is 2.67. The maximum absolute atomic E-state index is 3.66. The van der Waals surface area contributed by atoms with Crippen LogP contribution >= 0.6 is 0 Å². The van der Waals surface area contributed by atoms with Gasteiger partial charge in [-0.2, -0.15) is 0 Å². The van der Waals surface area contributed by atoms with Gasteiger partial charge < -0.3 is 10.2 Å². The highest BCUT2D eigenvalue weighted by Gasteiger charge is 2.27. The summed E-state index contributed by atoms with van der Waals surface area (Å²) in [7, 11) is 4.36. The van der Waals surface area contributed by atoms with Crippen molar-refractivity contribution < 1.29 is 0 Å². The fourth-order valence-electron chi connectivity index (χ4n) is 3.33. The van der Waals surface area contributed by atoms with Crippen molar-refractivity contribution in [3.8, 4) is 0 Å². The van der Waals surface area contributed by atoms with Crippen LogP contribution < -0.4 is 5.32 Å². The van der Waals surface area contributed by atoms with Crippen molar-refractivity contribution in [2.24, 2.45) is 0 Å². The van der Waals surface area contributed by atoms with Crippen molar-refractivity contribution in [2.45, 2.75) is 38.8 Å². The minimum absolute atomic E-state index is 0.443. The Morgan fingerprint density at radius 1 is 1.29 bits per heavy atom. The van der Waals surface area contributed by atoms with Crippen molar-refractivity contribution in [1.82, 2.24) is 15.1 Å². The lowest BCUT2D eigenvalue weighted by molar-refractivity contribution is 0.190. The van der Waals surface area contributed by atoms with Gasteiger partial charge in [-0.25, -0.2) is 0 Å². The van der Waals surface area contributed by atoms with E-state index in [1.165, 1.54) is 37.1 Å². The molecule has 2 atom stereocenters. The first-order valence-electron chi connectivity index (χ1n) is 8.29. The maximum Gasteiger partial charge on any atom is 0.0449 e. The second kappa shape index (κ2) is 7.92. The lowest BCUT2D eigenvalue weighted by atomic mass is 10.0. The van der Waals surface area contributed by atoms with E-state index >= 15 is 0 Å². The molecule has 118 valence electrons. The fraction of sp³-hybridized carbons (Fsp3) is 0.667. The van der Waals surface area contributed by atoms with Crippen molar-refractivity contribution in [1.29, 1.82) is 0 Å². The van der Waals surface area contributed by atoms with E-state index < -0.39 is 0 Å². The quantitative estimate of drug-likeness (QED) is 0.832. The standard InChI is InChI=1S/C18H31N3/c1-5-19-18(16-10-8-15(2)9-11-16)14-21-12-6-7-17(21)13-20(3)4/h8-11,17-19H,5-7,12-14H2,1-4H3. The first-order chi connectivity index (χ1) is 10.1. The van der Waals surface area contributed by atoms with Crippen LogP contribution in [0.4, 0.5) is 0 Å². The molecule has 2 rings (SSSR count). The number of aryl methyl sites for hydroxylation is 1. The minimum Gasteiger partial charge on any atom is -0.309 e. The smallest absolute Gasteiger partial charge is 0.0449 e. The van der Waals surface area contributed by atoms with Gasteiger partial charge in [0.05, 0.1) is 0 Å². The van der Waals surface area contributed by atoms with E-state index in [1.54, 1.807) is 0 Å². The van der Waals surface area contributed by atoms with Crippen LogP contribution in [0.5, 0.6) is 0 Å². The predicted molar refractivity (Wildman–Crippen MR) is 90.7 cm³/mol. The number of likely N-dealkylation sites (tertiary alicyclic amines) is 1. The summed E-state index contributed by atoms with van der Waals surface area (Å²) in [6, 6.07) is 10.2. The van der Waals surface area contributed by atoms with Gasteiger partial charge in [0, 0.05) is 25.2 Å². The summed E-state index contributed by atoms with van der Waals surface area (Å²) in [5.74, 6) is 0. The average Bonchev–Trinajstić information content (AvgIpc) is 2.86. The molecule has 0 spiro atoms. The Labute approximate surface area is 130 Å². The third-order valence-corrected chi connectivity index (χ3v) is 4.42. The van der Waals surface area contributed by atoms with Crippen LogP contribution in [-0.4, -0.2) is 56.1 Å². The summed E-state index contributed by atoms with van der Waals surface area (Å²) >= 11 is 0. The minimum atomic E-state index is 0.443. The molecule has 1 aromatic rings. The summed E-state index contributed by atoms with van der Waals surface area (Å²) in [6.45, 7) is 8.90. The number of hydrogen-bond acceptors (Lipinski definition) is 3. The molecule has 0 aromatic heterocycles. The van der Waals surface area contributed by atoms with Gasteiger partial charge in [-0.15, -0.1) is 0 Å². The highest BCUT2D eigenvalue weighted by atomic mass is 15.2.